The number of nitrogens with zero attached hydrogens (tertiary/aromatic N) is 2. The van der Waals surface area contributed by atoms with E-state index in [1.807, 2.05) is 19.1 Å². The third kappa shape index (κ3) is 4.87. The van der Waals surface area contributed by atoms with Crippen molar-refractivity contribution >= 4 is 15.9 Å². The molecule has 9 nitrogen and oxygen atoms in total. The lowest BCUT2D eigenvalue weighted by Crippen LogP contribution is -2.62. The average molecular weight is 450 g/mol. The zero-order valence-corrected chi connectivity index (χ0v) is 18.5. The minimum atomic E-state index is -4.13. The fraction of sp³-hybridized carbons (Fsp3) is 0.429. The van der Waals surface area contributed by atoms with E-state index in [0.29, 0.717) is 5.75 Å². The highest BCUT2D eigenvalue weighted by Gasteiger charge is 2.50. The summed E-state index contributed by atoms with van der Waals surface area (Å²) in [6.07, 6.45) is 0.983. The first-order chi connectivity index (χ1) is 14.6. The van der Waals surface area contributed by atoms with Crippen LogP contribution in [0.15, 0.2) is 47.5 Å². The van der Waals surface area contributed by atoms with Crippen LogP contribution < -0.4 is 10.2 Å². The first-order valence-electron chi connectivity index (χ1n) is 9.83. The number of hydrogen-bond acceptors (Lipinski definition) is 7. The van der Waals surface area contributed by atoms with E-state index in [9.17, 15) is 18.3 Å². The standard InChI is InChI=1S/C21H27N3O6S/c1-14-15(5-4-10-22-14)13-30-17-6-8-18(9-7-17)31(28,29)24-12-16(25)11-21(2,3)19(24)20(26)23-27/h4-10,16,19,25,27H,11-13H2,1-3H3,(H,23,26)/t16-,19+/m1/s1. The molecular weight excluding hydrogens is 422 g/mol. The largest absolute Gasteiger partial charge is 0.489 e. The van der Waals surface area contributed by atoms with Crippen molar-refractivity contribution in [1.82, 2.24) is 14.8 Å². The van der Waals surface area contributed by atoms with E-state index in [1.54, 1.807) is 25.5 Å². The lowest BCUT2D eigenvalue weighted by atomic mass is 9.76. The zero-order valence-electron chi connectivity index (χ0n) is 17.6. The summed E-state index contributed by atoms with van der Waals surface area (Å²) >= 11 is 0. The summed E-state index contributed by atoms with van der Waals surface area (Å²) in [4.78, 5) is 16.5. The summed E-state index contributed by atoms with van der Waals surface area (Å²) in [6, 6.07) is 8.39. The molecule has 1 saturated heterocycles. The second-order valence-corrected chi connectivity index (χ2v) is 10.2. The van der Waals surface area contributed by atoms with Crippen molar-refractivity contribution in [2.75, 3.05) is 6.54 Å². The Morgan fingerprint density at radius 3 is 2.58 bits per heavy atom. The molecule has 2 atom stereocenters. The lowest BCUT2D eigenvalue weighted by Gasteiger charge is -2.45. The van der Waals surface area contributed by atoms with Crippen LogP contribution in [0.5, 0.6) is 5.75 Å². The molecule has 168 valence electrons. The van der Waals surface area contributed by atoms with Gasteiger partial charge in [0.1, 0.15) is 18.4 Å². The number of aromatic nitrogens is 1. The van der Waals surface area contributed by atoms with Gasteiger partial charge in [-0.25, -0.2) is 13.9 Å². The number of carbonyl (C=O) groups excluding carboxylic acids is 1. The highest BCUT2D eigenvalue weighted by molar-refractivity contribution is 7.89. The third-order valence-corrected chi connectivity index (χ3v) is 7.33. The number of ether oxygens (including phenoxy) is 1. The number of nitrogens with one attached hydrogen (secondary N) is 1. The fourth-order valence-electron chi connectivity index (χ4n) is 3.94. The number of β-amino-alcohol motifs (C(OH)–C–C–N with tert-alkyl or cyclic N) is 1. The van der Waals surface area contributed by atoms with Crippen molar-refractivity contribution in [3.8, 4) is 5.75 Å². The predicted octanol–water partition coefficient (Wildman–Crippen LogP) is 1.62. The molecule has 0 spiro atoms. The summed E-state index contributed by atoms with van der Waals surface area (Å²) in [5.74, 6) is -0.363. The second kappa shape index (κ2) is 8.91. The summed E-state index contributed by atoms with van der Waals surface area (Å²) < 4.78 is 33.3. The van der Waals surface area contributed by atoms with Gasteiger partial charge in [0.15, 0.2) is 0 Å². The number of sulfonamides is 1. The molecule has 31 heavy (non-hydrogen) atoms. The molecule has 0 aliphatic carbocycles. The Bertz CT molecular complexity index is 1040. The monoisotopic (exact) mass is 449 g/mol. The number of benzene rings is 1. The van der Waals surface area contributed by atoms with Crippen molar-refractivity contribution in [1.29, 1.82) is 0 Å². The van der Waals surface area contributed by atoms with Crippen LogP contribution in [0, 0.1) is 12.3 Å². The van der Waals surface area contributed by atoms with E-state index in [2.05, 4.69) is 4.98 Å². The first kappa shape index (κ1) is 23.1. The summed E-state index contributed by atoms with van der Waals surface area (Å²) in [5.41, 5.74) is 2.43. The molecule has 0 saturated carbocycles. The van der Waals surface area contributed by atoms with Crippen LogP contribution >= 0.6 is 0 Å². The minimum Gasteiger partial charge on any atom is -0.489 e. The van der Waals surface area contributed by atoms with Crippen LogP contribution in [0.3, 0.4) is 0 Å². The Balaban J connectivity index is 1.83. The molecular formula is C21H27N3O6S. The van der Waals surface area contributed by atoms with Crippen LogP contribution in [-0.2, 0) is 21.4 Å². The Morgan fingerprint density at radius 2 is 1.97 bits per heavy atom. The van der Waals surface area contributed by atoms with E-state index < -0.39 is 33.5 Å². The van der Waals surface area contributed by atoms with Crippen LogP contribution in [0.25, 0.3) is 0 Å². The van der Waals surface area contributed by atoms with E-state index in [0.717, 1.165) is 15.6 Å². The maximum atomic E-state index is 13.3. The second-order valence-electron chi connectivity index (χ2n) is 8.31. The number of hydrogen-bond donors (Lipinski definition) is 3. The van der Waals surface area contributed by atoms with E-state index in [1.165, 1.54) is 24.3 Å². The molecule has 1 aliphatic heterocycles. The Hall–Kier alpha value is -2.53. The normalized spacial score (nSPS) is 21.5. The van der Waals surface area contributed by atoms with Gasteiger partial charge < -0.3 is 9.84 Å². The van der Waals surface area contributed by atoms with Gasteiger partial charge in [-0.2, -0.15) is 4.31 Å². The SMILES string of the molecule is Cc1ncccc1COc1ccc(S(=O)(=O)N2C[C@H](O)CC(C)(C)[C@@H]2C(=O)NO)cc1. The molecule has 1 aromatic heterocycles. The first-order valence-corrected chi connectivity index (χ1v) is 11.3. The number of aliphatic hydroxyl groups excluding tert-OH is 1. The van der Waals surface area contributed by atoms with Gasteiger partial charge >= 0.3 is 0 Å². The van der Waals surface area contributed by atoms with Gasteiger partial charge in [0, 0.05) is 24.0 Å². The number of rotatable bonds is 6. The minimum absolute atomic E-state index is 0.0435. The zero-order chi connectivity index (χ0) is 22.8. The van der Waals surface area contributed by atoms with Crippen molar-refractivity contribution < 1.29 is 28.3 Å². The van der Waals surface area contributed by atoms with Gasteiger partial charge in [-0.05, 0) is 49.1 Å². The molecule has 1 fully saturated rings. The van der Waals surface area contributed by atoms with Crippen LogP contribution in [0.4, 0.5) is 0 Å². The van der Waals surface area contributed by atoms with Gasteiger partial charge in [0.2, 0.25) is 10.0 Å². The smallest absolute Gasteiger partial charge is 0.262 e. The summed E-state index contributed by atoms with van der Waals surface area (Å²) in [7, 11) is -4.13. The predicted molar refractivity (Wildman–Crippen MR) is 112 cm³/mol. The molecule has 2 heterocycles. The number of aryl methyl sites for hydroxylation is 1. The summed E-state index contributed by atoms with van der Waals surface area (Å²) in [5, 5.41) is 19.4. The van der Waals surface area contributed by atoms with Crippen LogP contribution in [-0.4, -0.2) is 52.6 Å². The van der Waals surface area contributed by atoms with Crippen molar-refractivity contribution in [2.45, 2.75) is 50.8 Å². The van der Waals surface area contributed by atoms with Gasteiger partial charge in [-0.15, -0.1) is 0 Å². The van der Waals surface area contributed by atoms with Crippen molar-refractivity contribution in [2.24, 2.45) is 5.41 Å². The molecule has 0 unspecified atom stereocenters. The molecule has 1 amide bonds. The van der Waals surface area contributed by atoms with E-state index in [4.69, 9.17) is 9.94 Å². The van der Waals surface area contributed by atoms with Gasteiger partial charge in [0.25, 0.3) is 5.91 Å². The molecule has 3 N–H and O–H groups in total. The summed E-state index contributed by atoms with van der Waals surface area (Å²) in [6.45, 7) is 5.27. The topological polar surface area (TPSA) is 129 Å². The fourth-order valence-corrected chi connectivity index (χ4v) is 5.72. The lowest BCUT2D eigenvalue weighted by molar-refractivity contribution is -0.140. The Labute approximate surface area is 181 Å². The van der Waals surface area contributed by atoms with Crippen molar-refractivity contribution in [3.63, 3.8) is 0 Å². The van der Waals surface area contributed by atoms with Crippen LogP contribution in [0.2, 0.25) is 0 Å². The molecule has 10 heteroatoms. The number of aliphatic hydroxyl groups is 1. The van der Waals surface area contributed by atoms with E-state index in [-0.39, 0.29) is 24.5 Å². The molecule has 3 rings (SSSR count). The molecule has 0 bridgehead atoms. The van der Waals surface area contributed by atoms with Gasteiger partial charge in [0.05, 0.1) is 11.0 Å². The number of amides is 1. The third-order valence-electron chi connectivity index (χ3n) is 5.48. The molecule has 1 aliphatic rings. The Kier molecular flexibility index (Phi) is 6.65. The highest BCUT2D eigenvalue weighted by Crippen LogP contribution is 2.38. The van der Waals surface area contributed by atoms with Crippen molar-refractivity contribution in [3.05, 3.63) is 53.9 Å². The van der Waals surface area contributed by atoms with Crippen LogP contribution in [0.1, 0.15) is 31.5 Å². The van der Waals surface area contributed by atoms with Gasteiger partial charge in [-0.1, -0.05) is 19.9 Å². The molecule has 2 aromatic rings. The number of piperidine rings is 1. The number of pyridine rings is 1. The number of carbonyl (C=O) groups is 1. The van der Waals surface area contributed by atoms with Gasteiger partial charge in [-0.3, -0.25) is 15.0 Å². The molecule has 0 radical (unpaired) electrons. The quantitative estimate of drug-likeness (QED) is 0.451. The number of hydroxylamine groups is 1. The maximum Gasteiger partial charge on any atom is 0.262 e. The average Bonchev–Trinajstić information content (AvgIpc) is 2.71. The molecule has 1 aromatic carbocycles. The highest BCUT2D eigenvalue weighted by atomic mass is 32.2. The van der Waals surface area contributed by atoms with E-state index >= 15 is 0 Å². The maximum absolute atomic E-state index is 13.3. The Morgan fingerprint density at radius 1 is 1.29 bits per heavy atom.